The Morgan fingerprint density at radius 1 is 1.18 bits per heavy atom. The van der Waals surface area contributed by atoms with Gasteiger partial charge in [-0.2, -0.15) is 0 Å². The van der Waals surface area contributed by atoms with Crippen LogP contribution in [0.15, 0.2) is 4.99 Å². The maximum absolute atomic E-state index is 11.6. The van der Waals surface area contributed by atoms with Gasteiger partial charge in [0.1, 0.15) is 5.60 Å². The summed E-state index contributed by atoms with van der Waals surface area (Å²) < 4.78 is 5.21. The van der Waals surface area contributed by atoms with Crippen molar-refractivity contribution in [3.8, 4) is 0 Å². The molecule has 0 aromatic rings. The van der Waals surface area contributed by atoms with Gasteiger partial charge < -0.3 is 25.6 Å². The molecule has 1 rings (SSSR count). The van der Waals surface area contributed by atoms with Crippen LogP contribution in [0.4, 0.5) is 4.79 Å². The molecule has 0 spiro atoms. The lowest BCUT2D eigenvalue weighted by atomic mass is 9.93. The molecule has 1 aliphatic heterocycles. The molecule has 2 amide bonds. The molecule has 28 heavy (non-hydrogen) atoms. The van der Waals surface area contributed by atoms with Crippen LogP contribution in [0.25, 0.3) is 0 Å². The van der Waals surface area contributed by atoms with Crippen LogP contribution >= 0.6 is 24.0 Å². The molecule has 0 aromatic heterocycles. The molecule has 0 saturated carbocycles. The van der Waals surface area contributed by atoms with Crippen molar-refractivity contribution >= 4 is 41.9 Å². The van der Waals surface area contributed by atoms with Crippen molar-refractivity contribution in [3.63, 3.8) is 0 Å². The van der Waals surface area contributed by atoms with Crippen LogP contribution in [-0.2, 0) is 9.53 Å². The number of hydrogen-bond donors (Lipinski definition) is 3. The summed E-state index contributed by atoms with van der Waals surface area (Å²) in [4.78, 5) is 30.1. The van der Waals surface area contributed by atoms with Crippen molar-refractivity contribution in [2.24, 2.45) is 10.9 Å². The van der Waals surface area contributed by atoms with E-state index in [9.17, 15) is 9.59 Å². The zero-order valence-corrected chi connectivity index (χ0v) is 20.3. The topological polar surface area (TPSA) is 95.1 Å². The van der Waals surface area contributed by atoms with Gasteiger partial charge >= 0.3 is 6.09 Å². The van der Waals surface area contributed by atoms with Crippen LogP contribution in [0.5, 0.6) is 0 Å². The maximum Gasteiger partial charge on any atom is 0.407 e. The molecule has 0 radical (unpaired) electrons. The van der Waals surface area contributed by atoms with Crippen molar-refractivity contribution in [1.29, 1.82) is 0 Å². The smallest absolute Gasteiger partial charge is 0.407 e. The lowest BCUT2D eigenvalue weighted by Crippen LogP contribution is -2.46. The Hall–Kier alpha value is -1.26. The van der Waals surface area contributed by atoms with Gasteiger partial charge in [0.15, 0.2) is 5.96 Å². The summed E-state index contributed by atoms with van der Waals surface area (Å²) in [6.07, 6.45) is 2.96. The van der Waals surface area contributed by atoms with E-state index >= 15 is 0 Å². The van der Waals surface area contributed by atoms with Gasteiger partial charge in [0.05, 0.1) is 0 Å². The predicted octanol–water partition coefficient (Wildman–Crippen LogP) is 2.33. The summed E-state index contributed by atoms with van der Waals surface area (Å²) in [5.41, 5.74) is -0.482. The zero-order valence-electron chi connectivity index (χ0n) is 18.0. The number of halogens is 1. The van der Waals surface area contributed by atoms with Crippen molar-refractivity contribution in [1.82, 2.24) is 20.9 Å². The van der Waals surface area contributed by atoms with E-state index in [0.717, 1.165) is 44.9 Å². The number of nitrogens with zero attached hydrogens (tertiary/aromatic N) is 2. The number of hydrogen-bond acceptors (Lipinski definition) is 4. The zero-order chi connectivity index (χ0) is 20.3. The Kier molecular flexibility index (Phi) is 13.2. The van der Waals surface area contributed by atoms with E-state index in [1.807, 2.05) is 20.8 Å². The minimum absolute atomic E-state index is 0. The van der Waals surface area contributed by atoms with Crippen LogP contribution in [0.2, 0.25) is 0 Å². The minimum Gasteiger partial charge on any atom is -0.444 e. The molecule has 8 nitrogen and oxygen atoms in total. The van der Waals surface area contributed by atoms with E-state index in [-0.39, 0.29) is 29.9 Å². The number of aliphatic imine (C=N–C) groups is 1. The van der Waals surface area contributed by atoms with E-state index < -0.39 is 11.7 Å². The van der Waals surface area contributed by atoms with E-state index in [2.05, 4.69) is 32.8 Å². The molecular formula is C19H38IN5O3. The molecule has 1 aliphatic rings. The number of alkyl carbamates (subject to hydrolysis) is 1. The van der Waals surface area contributed by atoms with Gasteiger partial charge in [0, 0.05) is 46.2 Å². The third kappa shape index (κ3) is 11.6. The largest absolute Gasteiger partial charge is 0.444 e. The first-order chi connectivity index (χ1) is 12.7. The fourth-order valence-electron chi connectivity index (χ4n) is 2.91. The molecule has 0 unspecified atom stereocenters. The molecule has 164 valence electrons. The number of amides is 2. The van der Waals surface area contributed by atoms with Crippen molar-refractivity contribution in [2.45, 2.75) is 59.0 Å². The minimum atomic E-state index is -0.482. The lowest BCUT2D eigenvalue weighted by molar-refractivity contribution is -0.121. The monoisotopic (exact) mass is 511 g/mol. The summed E-state index contributed by atoms with van der Waals surface area (Å²) in [5.74, 6) is 1.47. The normalized spacial score (nSPS) is 15.5. The summed E-state index contributed by atoms with van der Waals surface area (Å²) >= 11 is 0. The molecule has 0 aliphatic carbocycles. The van der Waals surface area contributed by atoms with Crippen molar-refractivity contribution in [2.75, 3.05) is 39.8 Å². The number of likely N-dealkylation sites (tertiary alicyclic amines) is 1. The Morgan fingerprint density at radius 2 is 1.82 bits per heavy atom. The quantitative estimate of drug-likeness (QED) is 0.211. The summed E-state index contributed by atoms with van der Waals surface area (Å²) in [7, 11) is 1.69. The van der Waals surface area contributed by atoms with Crippen LogP contribution < -0.4 is 16.0 Å². The number of guanidine groups is 1. The van der Waals surface area contributed by atoms with Gasteiger partial charge in [-0.05, 0) is 52.9 Å². The first-order valence-corrected chi connectivity index (χ1v) is 9.95. The van der Waals surface area contributed by atoms with E-state index in [1.165, 1.54) is 0 Å². The SMILES string of the molecule is CCNC(=NCCCNC(=O)OC(C)(C)C)N1CCC(CC(=O)NC)CC1.I. The first kappa shape index (κ1) is 26.7. The van der Waals surface area contributed by atoms with E-state index in [0.29, 0.717) is 25.4 Å². The fourth-order valence-corrected chi connectivity index (χ4v) is 2.91. The molecule has 0 bridgehead atoms. The molecule has 1 heterocycles. The Morgan fingerprint density at radius 3 is 2.36 bits per heavy atom. The number of piperidine rings is 1. The van der Waals surface area contributed by atoms with E-state index in [1.54, 1.807) is 7.05 Å². The highest BCUT2D eigenvalue weighted by atomic mass is 127. The number of carbonyl (C=O) groups is 2. The first-order valence-electron chi connectivity index (χ1n) is 9.95. The molecule has 0 atom stereocenters. The van der Waals surface area contributed by atoms with Crippen LogP contribution in [0, 0.1) is 5.92 Å². The van der Waals surface area contributed by atoms with Crippen molar-refractivity contribution in [3.05, 3.63) is 0 Å². The third-order valence-electron chi connectivity index (χ3n) is 4.27. The highest BCUT2D eigenvalue weighted by Crippen LogP contribution is 2.20. The fraction of sp³-hybridized carbons (Fsp3) is 0.842. The summed E-state index contributed by atoms with van der Waals surface area (Å²) in [6, 6.07) is 0. The summed E-state index contributed by atoms with van der Waals surface area (Å²) in [5, 5.41) is 8.79. The van der Waals surface area contributed by atoms with Crippen LogP contribution in [-0.4, -0.2) is 68.2 Å². The second-order valence-corrected chi connectivity index (χ2v) is 7.83. The second kappa shape index (κ2) is 13.8. The Labute approximate surface area is 186 Å². The number of carbonyl (C=O) groups excluding carboxylic acids is 2. The van der Waals surface area contributed by atoms with Gasteiger partial charge in [-0.15, -0.1) is 24.0 Å². The third-order valence-corrected chi connectivity index (χ3v) is 4.27. The molecule has 0 aromatic carbocycles. The van der Waals surface area contributed by atoms with Crippen molar-refractivity contribution < 1.29 is 14.3 Å². The maximum atomic E-state index is 11.6. The van der Waals surface area contributed by atoms with Gasteiger partial charge in [0.2, 0.25) is 5.91 Å². The van der Waals surface area contributed by atoms with Crippen LogP contribution in [0.1, 0.15) is 53.4 Å². The second-order valence-electron chi connectivity index (χ2n) is 7.83. The molecule has 9 heteroatoms. The highest BCUT2D eigenvalue weighted by Gasteiger charge is 2.23. The van der Waals surface area contributed by atoms with Gasteiger partial charge in [0.25, 0.3) is 0 Å². The molecule has 1 saturated heterocycles. The van der Waals surface area contributed by atoms with E-state index in [4.69, 9.17) is 4.74 Å². The average Bonchev–Trinajstić information content (AvgIpc) is 2.59. The summed E-state index contributed by atoms with van der Waals surface area (Å²) in [6.45, 7) is 11.4. The standard InChI is InChI=1S/C19H37N5O3.HI/c1-6-21-17(22-10-7-11-23-18(26)27-19(2,3)4)24-12-8-15(9-13-24)14-16(25)20-5;/h15H,6-14H2,1-5H3,(H,20,25)(H,21,22)(H,23,26);1H. The highest BCUT2D eigenvalue weighted by molar-refractivity contribution is 14.0. The van der Waals surface area contributed by atoms with Gasteiger partial charge in [-0.3, -0.25) is 9.79 Å². The number of ether oxygens (including phenoxy) is 1. The number of nitrogens with one attached hydrogen (secondary N) is 3. The average molecular weight is 511 g/mol. The molecular weight excluding hydrogens is 473 g/mol. The predicted molar refractivity (Wildman–Crippen MR) is 123 cm³/mol. The van der Waals surface area contributed by atoms with Gasteiger partial charge in [-0.25, -0.2) is 4.79 Å². The Bertz CT molecular complexity index is 500. The number of rotatable bonds is 7. The van der Waals surface area contributed by atoms with Crippen LogP contribution in [0.3, 0.4) is 0 Å². The molecule has 1 fully saturated rings. The van der Waals surface area contributed by atoms with Gasteiger partial charge in [-0.1, -0.05) is 0 Å². The Balaban J connectivity index is 0.00000729. The lowest BCUT2D eigenvalue weighted by Gasteiger charge is -2.34. The molecule has 3 N–H and O–H groups in total.